The molecule has 0 aliphatic heterocycles. The van der Waals surface area contributed by atoms with Crippen LogP contribution >= 0.6 is 0 Å². The molecule has 3 aromatic rings. The standard InChI is InChI=1S/C46H52F3NO6/c1-41-19-16-32(52)24-43(41)22-23-45(37(25-43)40(54)36-11-7-6-10-35(36)31-8-4-3-5-9-31)38(41)17-20-42(2)39(45)18-21-44(42,55)29-50(27-33(53)28-51)26-30-12-14-34(15-13-30)56-46(47,48)49/h3-15,22-23,25,32-33,38-39,51-53,55H,16-21,24,26-29H2,1-2H3/t32?,33-,38+,39+,41+,42-,43-,44+,45+/m0/s1. The molecule has 1 unspecified atom stereocenters. The molecule has 4 N–H and O–H groups in total. The molecule has 0 radical (unpaired) electrons. The average molecular weight is 772 g/mol. The van der Waals surface area contributed by atoms with Crippen LogP contribution in [0.3, 0.4) is 0 Å². The first-order valence-electron chi connectivity index (χ1n) is 20.0. The fourth-order valence-corrected chi connectivity index (χ4v) is 12.3. The van der Waals surface area contributed by atoms with Crippen LogP contribution in [0.1, 0.15) is 74.7 Å². The number of nitrogens with zero attached hydrogens (tertiary/aromatic N) is 1. The van der Waals surface area contributed by atoms with Gasteiger partial charge in [0.25, 0.3) is 0 Å². The van der Waals surface area contributed by atoms with Gasteiger partial charge in [0.1, 0.15) is 5.75 Å². The van der Waals surface area contributed by atoms with Crippen molar-refractivity contribution in [2.45, 2.75) is 89.5 Å². The summed E-state index contributed by atoms with van der Waals surface area (Å²) in [7, 11) is 0. The molecule has 3 fully saturated rings. The van der Waals surface area contributed by atoms with Crippen LogP contribution in [-0.2, 0) is 6.54 Å². The van der Waals surface area contributed by atoms with Crippen LogP contribution < -0.4 is 4.74 Å². The van der Waals surface area contributed by atoms with E-state index in [0.717, 1.165) is 29.5 Å². The molecule has 0 amide bonds. The highest BCUT2D eigenvalue weighted by atomic mass is 19.4. The first-order valence-corrected chi connectivity index (χ1v) is 20.0. The third-order valence-corrected chi connectivity index (χ3v) is 14.9. The molecule has 9 atom stereocenters. The van der Waals surface area contributed by atoms with Crippen molar-refractivity contribution >= 4 is 5.78 Å². The van der Waals surface area contributed by atoms with Gasteiger partial charge >= 0.3 is 6.36 Å². The quantitative estimate of drug-likeness (QED) is 0.116. The molecule has 6 aliphatic rings. The van der Waals surface area contributed by atoms with E-state index in [1.165, 1.54) is 24.3 Å². The number of ketones is 1. The van der Waals surface area contributed by atoms with Gasteiger partial charge in [0.2, 0.25) is 0 Å². The molecule has 7 nitrogen and oxygen atoms in total. The Balaban J connectivity index is 1.18. The first kappa shape index (κ1) is 39.0. The number of fused-ring (bicyclic) bond motifs is 1. The SMILES string of the molecule is C[C@]12CC[C@H]3[C@]4(C=C[C@@]5(C=C4C(=O)c4ccccc4-c4ccccc4)CC(O)CC[C@]35C)[C@@H]1CC[C@@]2(O)CN(Cc1ccc(OC(F)(F)F)cc1)C[C@H](O)CO. The van der Waals surface area contributed by atoms with E-state index >= 15 is 4.79 Å². The highest BCUT2D eigenvalue weighted by Crippen LogP contribution is 2.78. The lowest BCUT2D eigenvalue weighted by Gasteiger charge is -2.71. The number of ether oxygens (including phenoxy) is 1. The van der Waals surface area contributed by atoms with Gasteiger partial charge in [-0.2, -0.15) is 0 Å². The Kier molecular flexibility index (Phi) is 9.72. The Hall–Kier alpha value is -3.80. The molecule has 0 saturated heterocycles. The zero-order valence-corrected chi connectivity index (χ0v) is 32.0. The number of Topliss-reactive ketones (excluding diaryl/α,β-unsaturated/α-hetero) is 1. The summed E-state index contributed by atoms with van der Waals surface area (Å²) in [4.78, 5) is 17.3. The molecule has 6 aliphatic carbocycles. The van der Waals surface area contributed by atoms with E-state index in [-0.39, 0.29) is 48.4 Å². The number of rotatable bonds is 11. The predicted octanol–water partition coefficient (Wildman–Crippen LogP) is 7.88. The Bertz CT molecular complexity index is 2020. The van der Waals surface area contributed by atoms with Gasteiger partial charge in [-0.15, -0.1) is 13.2 Å². The lowest BCUT2D eigenvalue weighted by Crippen LogP contribution is -2.67. The van der Waals surface area contributed by atoms with E-state index in [1.54, 1.807) is 0 Å². The van der Waals surface area contributed by atoms with E-state index in [4.69, 9.17) is 0 Å². The number of aliphatic hydroxyl groups excluding tert-OH is 3. The Morgan fingerprint density at radius 3 is 2.27 bits per heavy atom. The maximum absolute atomic E-state index is 15.4. The lowest BCUT2D eigenvalue weighted by molar-refractivity contribution is -0.274. The number of carbonyl (C=O) groups excluding carboxylic acids is 1. The summed E-state index contributed by atoms with van der Waals surface area (Å²) >= 11 is 0. The Morgan fingerprint density at radius 2 is 1.55 bits per heavy atom. The number of halogens is 3. The average Bonchev–Trinajstić information content (AvgIpc) is 3.44. The Labute approximate surface area is 326 Å². The number of hydrogen-bond acceptors (Lipinski definition) is 7. The van der Waals surface area contributed by atoms with Crippen molar-refractivity contribution in [3.63, 3.8) is 0 Å². The summed E-state index contributed by atoms with van der Waals surface area (Å²) in [6.45, 7) is 4.42. The molecular weight excluding hydrogens is 720 g/mol. The number of carbonyl (C=O) groups is 1. The monoisotopic (exact) mass is 771 g/mol. The van der Waals surface area contributed by atoms with Crippen molar-refractivity contribution in [1.82, 2.24) is 4.90 Å². The third kappa shape index (κ3) is 6.18. The fraction of sp³-hybridized carbons (Fsp3) is 0.500. The molecule has 298 valence electrons. The number of aliphatic hydroxyl groups is 4. The third-order valence-electron chi connectivity index (χ3n) is 14.9. The normalized spacial score (nSPS) is 35.0. The van der Waals surface area contributed by atoms with Crippen molar-refractivity contribution in [1.29, 1.82) is 0 Å². The molecule has 10 heteroatoms. The second kappa shape index (κ2) is 13.9. The smallest absolute Gasteiger partial charge is 0.406 e. The summed E-state index contributed by atoms with van der Waals surface area (Å²) in [5.41, 5.74) is 0.574. The van der Waals surface area contributed by atoms with Gasteiger partial charge in [-0.3, -0.25) is 9.69 Å². The largest absolute Gasteiger partial charge is 0.573 e. The lowest BCUT2D eigenvalue weighted by atomic mass is 9.32. The predicted molar refractivity (Wildman–Crippen MR) is 206 cm³/mol. The molecule has 2 spiro atoms. The summed E-state index contributed by atoms with van der Waals surface area (Å²) in [5.74, 6) is -0.373. The van der Waals surface area contributed by atoms with E-state index in [0.29, 0.717) is 43.2 Å². The van der Waals surface area contributed by atoms with Crippen molar-refractivity contribution in [3.8, 4) is 16.9 Å². The molecule has 3 saturated carbocycles. The zero-order chi connectivity index (χ0) is 39.7. The summed E-state index contributed by atoms with van der Waals surface area (Å²) in [6.07, 6.45) is 5.09. The van der Waals surface area contributed by atoms with E-state index in [9.17, 15) is 33.6 Å². The van der Waals surface area contributed by atoms with Crippen LogP contribution in [0.5, 0.6) is 5.75 Å². The van der Waals surface area contributed by atoms with Gasteiger partial charge in [0.05, 0.1) is 24.4 Å². The Morgan fingerprint density at radius 1 is 0.893 bits per heavy atom. The van der Waals surface area contributed by atoms with Crippen LogP contribution in [-0.4, -0.2) is 75.0 Å². The highest BCUT2D eigenvalue weighted by molar-refractivity contribution is 6.14. The van der Waals surface area contributed by atoms with E-state index < -0.39 is 47.0 Å². The highest BCUT2D eigenvalue weighted by Gasteiger charge is 2.74. The van der Waals surface area contributed by atoms with E-state index in [2.05, 4.69) is 36.8 Å². The number of hydrogen-bond donors (Lipinski definition) is 4. The van der Waals surface area contributed by atoms with Gasteiger partial charge in [-0.1, -0.05) is 98.8 Å². The van der Waals surface area contributed by atoms with Gasteiger partial charge < -0.3 is 25.2 Å². The summed E-state index contributed by atoms with van der Waals surface area (Å²) in [5, 5.41) is 44.6. The minimum atomic E-state index is -4.82. The van der Waals surface area contributed by atoms with Crippen LogP contribution in [0.25, 0.3) is 11.1 Å². The molecule has 9 rings (SSSR count). The summed E-state index contributed by atoms with van der Waals surface area (Å²) in [6, 6.07) is 23.2. The van der Waals surface area contributed by atoms with Crippen LogP contribution in [0, 0.1) is 33.5 Å². The van der Waals surface area contributed by atoms with E-state index in [1.807, 2.05) is 59.5 Å². The van der Waals surface area contributed by atoms with Crippen LogP contribution in [0.2, 0.25) is 0 Å². The molecule has 0 heterocycles. The minimum Gasteiger partial charge on any atom is -0.406 e. The number of alkyl halides is 3. The maximum Gasteiger partial charge on any atom is 0.573 e. The molecule has 3 aromatic carbocycles. The second-order valence-electron chi connectivity index (χ2n) is 17.7. The van der Waals surface area contributed by atoms with Gasteiger partial charge in [-0.05, 0) is 91.0 Å². The van der Waals surface area contributed by atoms with Gasteiger partial charge in [0, 0.05) is 47.0 Å². The molecule has 0 aromatic heterocycles. The van der Waals surface area contributed by atoms with Crippen molar-refractivity contribution < 1.29 is 43.1 Å². The number of allylic oxidation sites excluding steroid dienone is 4. The number of benzene rings is 3. The van der Waals surface area contributed by atoms with Crippen LogP contribution in [0.4, 0.5) is 13.2 Å². The molecule has 56 heavy (non-hydrogen) atoms. The van der Waals surface area contributed by atoms with Crippen molar-refractivity contribution in [3.05, 3.63) is 114 Å². The van der Waals surface area contributed by atoms with Crippen molar-refractivity contribution in [2.75, 3.05) is 19.7 Å². The first-order chi connectivity index (χ1) is 26.6. The molecule has 2 bridgehead atoms. The maximum atomic E-state index is 15.4. The van der Waals surface area contributed by atoms with Gasteiger partial charge in [-0.25, -0.2) is 0 Å². The molecular formula is C46H52F3NO6. The minimum absolute atomic E-state index is 0.0226. The van der Waals surface area contributed by atoms with Gasteiger partial charge in [0.15, 0.2) is 5.78 Å². The second-order valence-corrected chi connectivity index (χ2v) is 17.7. The summed E-state index contributed by atoms with van der Waals surface area (Å²) < 4.78 is 42.6. The van der Waals surface area contributed by atoms with Crippen molar-refractivity contribution in [2.24, 2.45) is 33.5 Å². The zero-order valence-electron chi connectivity index (χ0n) is 32.0. The topological polar surface area (TPSA) is 110 Å². The van der Waals surface area contributed by atoms with Crippen LogP contribution in [0.15, 0.2) is 103 Å². The fourth-order valence-electron chi connectivity index (χ4n) is 12.3.